The highest BCUT2D eigenvalue weighted by Crippen LogP contribution is 2.34. The Morgan fingerprint density at radius 1 is 1.08 bits per heavy atom. The summed E-state index contributed by atoms with van der Waals surface area (Å²) in [7, 11) is 1.58. The molecule has 6 nitrogen and oxygen atoms in total. The van der Waals surface area contributed by atoms with Gasteiger partial charge in [-0.2, -0.15) is 0 Å². The van der Waals surface area contributed by atoms with Gasteiger partial charge in [0.25, 0.3) is 5.91 Å². The van der Waals surface area contributed by atoms with Gasteiger partial charge in [0.2, 0.25) is 5.91 Å². The number of ether oxygens (including phenoxy) is 2. The molecule has 1 aliphatic rings. The first kappa shape index (κ1) is 25.8. The lowest BCUT2D eigenvalue weighted by Gasteiger charge is -2.37. The number of hydrogen-bond donors (Lipinski definition) is 0. The number of hydrogen-bond acceptors (Lipinski definition) is 5. The molecule has 4 rings (SSSR count). The Bertz CT molecular complexity index is 1160. The first-order chi connectivity index (χ1) is 17.5. The summed E-state index contributed by atoms with van der Waals surface area (Å²) in [5.41, 5.74) is 1.66. The molecule has 2 heterocycles. The van der Waals surface area contributed by atoms with E-state index in [1.54, 1.807) is 41.5 Å². The van der Waals surface area contributed by atoms with Gasteiger partial charge in [0.15, 0.2) is 0 Å². The van der Waals surface area contributed by atoms with Crippen LogP contribution < -0.4 is 9.47 Å². The van der Waals surface area contributed by atoms with Gasteiger partial charge in [-0.15, -0.1) is 11.3 Å². The van der Waals surface area contributed by atoms with Crippen LogP contribution in [0.3, 0.4) is 0 Å². The molecule has 1 aromatic heterocycles. The summed E-state index contributed by atoms with van der Waals surface area (Å²) < 4.78 is 11.4. The third kappa shape index (κ3) is 6.26. The van der Waals surface area contributed by atoms with Crippen molar-refractivity contribution in [1.29, 1.82) is 0 Å². The molecule has 36 heavy (non-hydrogen) atoms. The van der Waals surface area contributed by atoms with Crippen molar-refractivity contribution < 1.29 is 19.1 Å². The molecule has 0 radical (unpaired) electrons. The number of carbonyl (C=O) groups is 2. The lowest BCUT2D eigenvalue weighted by molar-refractivity contribution is -0.135. The van der Waals surface area contributed by atoms with E-state index in [0.29, 0.717) is 36.9 Å². The van der Waals surface area contributed by atoms with E-state index in [0.717, 1.165) is 24.2 Å². The third-order valence-electron chi connectivity index (χ3n) is 6.47. The summed E-state index contributed by atoms with van der Waals surface area (Å²) >= 11 is 1.73. The van der Waals surface area contributed by atoms with Crippen molar-refractivity contribution in [3.8, 4) is 11.5 Å². The maximum atomic E-state index is 13.7. The molecule has 0 unspecified atom stereocenters. The van der Waals surface area contributed by atoms with Crippen molar-refractivity contribution in [1.82, 2.24) is 9.80 Å². The van der Waals surface area contributed by atoms with Crippen LogP contribution in [0.1, 0.15) is 47.1 Å². The van der Waals surface area contributed by atoms with Crippen LogP contribution in [-0.2, 0) is 11.2 Å². The minimum Gasteiger partial charge on any atom is -0.497 e. The van der Waals surface area contributed by atoms with Crippen molar-refractivity contribution in [2.24, 2.45) is 5.92 Å². The molecule has 2 amide bonds. The van der Waals surface area contributed by atoms with Gasteiger partial charge >= 0.3 is 0 Å². The lowest BCUT2D eigenvalue weighted by Crippen LogP contribution is -2.48. The van der Waals surface area contributed by atoms with Gasteiger partial charge in [-0.1, -0.05) is 38.1 Å². The first-order valence-electron chi connectivity index (χ1n) is 12.4. The second kappa shape index (κ2) is 12.1. The molecule has 0 saturated carbocycles. The van der Waals surface area contributed by atoms with Crippen molar-refractivity contribution in [3.63, 3.8) is 0 Å². The zero-order chi connectivity index (χ0) is 25.5. The Labute approximate surface area is 217 Å². The van der Waals surface area contributed by atoms with Crippen LogP contribution in [0.5, 0.6) is 11.5 Å². The minimum absolute atomic E-state index is 0.0318. The van der Waals surface area contributed by atoms with Crippen LogP contribution >= 0.6 is 11.3 Å². The van der Waals surface area contributed by atoms with Crippen LogP contribution in [0.4, 0.5) is 0 Å². The topological polar surface area (TPSA) is 59.1 Å². The fourth-order valence-corrected chi connectivity index (χ4v) is 5.35. The van der Waals surface area contributed by atoms with E-state index in [-0.39, 0.29) is 24.4 Å². The number of fused-ring (bicyclic) bond motifs is 1. The first-order valence-corrected chi connectivity index (χ1v) is 13.3. The van der Waals surface area contributed by atoms with E-state index in [1.807, 2.05) is 41.3 Å². The highest BCUT2D eigenvalue weighted by molar-refractivity contribution is 7.10. The molecule has 1 atom stereocenters. The molecule has 2 aromatic carbocycles. The third-order valence-corrected chi connectivity index (χ3v) is 7.47. The van der Waals surface area contributed by atoms with Crippen LogP contribution in [0.2, 0.25) is 0 Å². The average molecular weight is 507 g/mol. The maximum absolute atomic E-state index is 13.7. The van der Waals surface area contributed by atoms with Crippen molar-refractivity contribution >= 4 is 23.2 Å². The Hall–Kier alpha value is -3.32. The average Bonchev–Trinajstić information content (AvgIpc) is 3.39. The summed E-state index contributed by atoms with van der Waals surface area (Å²) in [6.45, 7) is 5.77. The summed E-state index contributed by atoms with van der Waals surface area (Å²) in [6.07, 6.45) is 1.63. The molecule has 0 spiro atoms. The number of para-hydroxylation sites is 1. The van der Waals surface area contributed by atoms with Gasteiger partial charge in [0.05, 0.1) is 13.2 Å². The summed E-state index contributed by atoms with van der Waals surface area (Å²) in [6, 6.07) is 18.7. The normalized spacial score (nSPS) is 14.9. The summed E-state index contributed by atoms with van der Waals surface area (Å²) in [5, 5.41) is 2.08. The van der Waals surface area contributed by atoms with E-state index in [4.69, 9.17) is 9.47 Å². The van der Waals surface area contributed by atoms with Crippen LogP contribution in [0.25, 0.3) is 0 Å². The number of nitrogens with zero attached hydrogens (tertiary/aromatic N) is 2. The van der Waals surface area contributed by atoms with Gasteiger partial charge in [-0.25, -0.2) is 0 Å². The van der Waals surface area contributed by atoms with E-state index in [2.05, 4.69) is 25.3 Å². The molecule has 0 bridgehead atoms. The quantitative estimate of drug-likeness (QED) is 0.367. The Morgan fingerprint density at radius 3 is 2.61 bits per heavy atom. The fraction of sp³-hybridized carbons (Fsp3) is 0.379. The molecule has 0 aliphatic carbocycles. The standard InChI is InChI=1S/C29H34N2O4S/c1-21(2)12-15-30(29(33)22-8-7-11-24(18-22)34-3)19-28(32)31-16-13-27-25(14-17-36-27)26(31)20-35-23-9-5-4-6-10-23/h4-11,14,17-18,21,26H,12-13,15-16,19-20H2,1-3H3/t26-/m1/s1. The van der Waals surface area contributed by atoms with Crippen LogP contribution in [0.15, 0.2) is 66.0 Å². The van der Waals surface area contributed by atoms with Gasteiger partial charge in [0.1, 0.15) is 24.7 Å². The molecule has 0 saturated heterocycles. The van der Waals surface area contributed by atoms with Crippen LogP contribution in [0, 0.1) is 5.92 Å². The Morgan fingerprint density at radius 2 is 1.86 bits per heavy atom. The predicted octanol–water partition coefficient (Wildman–Crippen LogP) is 5.45. The fourth-order valence-electron chi connectivity index (χ4n) is 4.43. The Kier molecular flexibility index (Phi) is 8.65. The second-order valence-electron chi connectivity index (χ2n) is 9.42. The van der Waals surface area contributed by atoms with E-state index < -0.39 is 0 Å². The van der Waals surface area contributed by atoms with Crippen molar-refractivity contribution in [3.05, 3.63) is 82.0 Å². The number of rotatable bonds is 10. The molecule has 0 fully saturated rings. The molecule has 0 N–H and O–H groups in total. The van der Waals surface area contributed by atoms with E-state index in [1.165, 1.54) is 4.88 Å². The maximum Gasteiger partial charge on any atom is 0.254 e. The second-order valence-corrected chi connectivity index (χ2v) is 10.4. The highest BCUT2D eigenvalue weighted by atomic mass is 32.1. The van der Waals surface area contributed by atoms with Crippen molar-refractivity contribution in [2.45, 2.75) is 32.7 Å². The molecular weight excluding hydrogens is 472 g/mol. The predicted molar refractivity (Wildman–Crippen MR) is 143 cm³/mol. The van der Waals surface area contributed by atoms with Gasteiger partial charge in [-0.05, 0) is 66.1 Å². The number of benzene rings is 2. The smallest absolute Gasteiger partial charge is 0.254 e. The van der Waals surface area contributed by atoms with Gasteiger partial charge in [0, 0.05) is 23.5 Å². The molecule has 7 heteroatoms. The lowest BCUT2D eigenvalue weighted by atomic mass is 10.00. The largest absolute Gasteiger partial charge is 0.497 e. The minimum atomic E-state index is -0.188. The van der Waals surface area contributed by atoms with Crippen molar-refractivity contribution in [2.75, 3.05) is 33.4 Å². The molecule has 3 aromatic rings. The highest BCUT2D eigenvalue weighted by Gasteiger charge is 2.33. The summed E-state index contributed by atoms with van der Waals surface area (Å²) in [5.74, 6) is 1.59. The number of thiophene rings is 1. The monoisotopic (exact) mass is 506 g/mol. The molecule has 190 valence electrons. The number of methoxy groups -OCH3 is 1. The molecule has 1 aliphatic heterocycles. The Balaban J connectivity index is 1.53. The number of carbonyl (C=O) groups excluding carboxylic acids is 2. The zero-order valence-electron chi connectivity index (χ0n) is 21.2. The number of amides is 2. The molecular formula is C29H34N2O4S. The van der Waals surface area contributed by atoms with E-state index >= 15 is 0 Å². The van der Waals surface area contributed by atoms with E-state index in [9.17, 15) is 9.59 Å². The van der Waals surface area contributed by atoms with Gasteiger partial charge in [-0.3, -0.25) is 9.59 Å². The zero-order valence-corrected chi connectivity index (χ0v) is 22.0. The SMILES string of the molecule is COc1cccc(C(=O)N(CCC(C)C)CC(=O)N2CCc3sccc3[C@H]2COc2ccccc2)c1. The van der Waals surface area contributed by atoms with Crippen LogP contribution in [-0.4, -0.2) is 55.0 Å². The summed E-state index contributed by atoms with van der Waals surface area (Å²) in [4.78, 5) is 32.1. The van der Waals surface area contributed by atoms with Gasteiger partial charge < -0.3 is 19.3 Å².